The van der Waals surface area contributed by atoms with Crippen molar-refractivity contribution in [3.63, 3.8) is 0 Å². The molecule has 1 saturated heterocycles. The Labute approximate surface area is 197 Å². The second-order valence-electron chi connectivity index (χ2n) is 9.32. The number of fused-ring (bicyclic) bond motifs is 2. The zero-order chi connectivity index (χ0) is 24.4. The molecule has 1 fully saturated rings. The Hall–Kier alpha value is -2.86. The van der Waals surface area contributed by atoms with E-state index in [0.29, 0.717) is 41.1 Å². The summed E-state index contributed by atoms with van der Waals surface area (Å²) >= 11 is 0. The van der Waals surface area contributed by atoms with Gasteiger partial charge in [0.05, 0.1) is 22.1 Å². The molecule has 2 aliphatic rings. The SMILES string of the molecule is CC1=Nc2cc(CC[C@H]3O[C@@H](n4ccc5c(N)ncnc54)[C@H](O)[C@@H]3O)ccc2S(=O)(=O)C1(C)C. The Bertz CT molecular complexity index is 1410. The van der Waals surface area contributed by atoms with Crippen LogP contribution in [-0.4, -0.2) is 61.9 Å². The Kier molecular flexibility index (Phi) is 5.28. The van der Waals surface area contributed by atoms with Crippen LogP contribution in [0, 0.1) is 0 Å². The van der Waals surface area contributed by atoms with Crippen molar-refractivity contribution >= 4 is 38.1 Å². The van der Waals surface area contributed by atoms with Gasteiger partial charge >= 0.3 is 0 Å². The number of nitrogens with zero attached hydrogens (tertiary/aromatic N) is 4. The molecule has 2 aromatic heterocycles. The smallest absolute Gasteiger partial charge is 0.191 e. The molecule has 4 heterocycles. The van der Waals surface area contributed by atoms with E-state index in [4.69, 9.17) is 10.5 Å². The standard InChI is InChI=1S/C23H27N5O5S/c1-12-23(2,3)34(31,32)17-7-5-13(10-15(17)27-12)4-6-16-18(29)19(30)22(33-16)28-9-8-14-20(24)25-11-26-21(14)28/h5,7-11,16,18-19,22,29-30H,4,6H2,1-3H3,(H2,24,25,26)/t16-,18-,19-,22-/m1/s1. The largest absolute Gasteiger partial charge is 0.388 e. The van der Waals surface area contributed by atoms with Gasteiger partial charge in [0.25, 0.3) is 0 Å². The third-order valence-corrected chi connectivity index (χ3v) is 9.58. The summed E-state index contributed by atoms with van der Waals surface area (Å²) in [4.78, 5) is 13.0. The third-order valence-electron chi connectivity index (χ3n) is 7.01. The molecular weight excluding hydrogens is 458 g/mol. The monoisotopic (exact) mass is 485 g/mol. The van der Waals surface area contributed by atoms with Gasteiger partial charge in [0.1, 0.15) is 34.7 Å². The number of aliphatic hydroxyl groups excluding tert-OH is 2. The van der Waals surface area contributed by atoms with E-state index in [-0.39, 0.29) is 4.90 Å². The highest BCUT2D eigenvalue weighted by molar-refractivity contribution is 7.93. The summed E-state index contributed by atoms with van der Waals surface area (Å²) in [5.74, 6) is 0.323. The van der Waals surface area contributed by atoms with Gasteiger partial charge in [-0.1, -0.05) is 6.07 Å². The fourth-order valence-corrected chi connectivity index (χ4v) is 6.13. The molecule has 0 amide bonds. The van der Waals surface area contributed by atoms with Crippen LogP contribution in [0.2, 0.25) is 0 Å². The number of aromatic nitrogens is 3. The van der Waals surface area contributed by atoms with Gasteiger partial charge < -0.3 is 25.3 Å². The topological polar surface area (TPSA) is 153 Å². The van der Waals surface area contributed by atoms with E-state index in [1.54, 1.807) is 55.8 Å². The molecule has 4 N–H and O–H groups in total. The van der Waals surface area contributed by atoms with Crippen molar-refractivity contribution in [1.29, 1.82) is 0 Å². The minimum absolute atomic E-state index is 0.222. The van der Waals surface area contributed by atoms with Crippen LogP contribution < -0.4 is 5.73 Å². The molecule has 0 unspecified atom stereocenters. The summed E-state index contributed by atoms with van der Waals surface area (Å²) in [6.45, 7) is 5.04. The number of nitrogen functional groups attached to an aromatic ring is 1. The lowest BCUT2D eigenvalue weighted by Crippen LogP contribution is -2.41. The molecule has 10 nitrogen and oxygen atoms in total. The average molecular weight is 486 g/mol. The minimum Gasteiger partial charge on any atom is -0.388 e. The van der Waals surface area contributed by atoms with Gasteiger partial charge in [-0.2, -0.15) is 0 Å². The quantitative estimate of drug-likeness (QED) is 0.507. The first-order valence-corrected chi connectivity index (χ1v) is 12.5. The maximum atomic E-state index is 13.0. The lowest BCUT2D eigenvalue weighted by Gasteiger charge is -2.29. The molecule has 11 heteroatoms. The van der Waals surface area contributed by atoms with Crippen molar-refractivity contribution in [2.75, 3.05) is 5.73 Å². The number of hydrogen-bond donors (Lipinski definition) is 3. The lowest BCUT2D eigenvalue weighted by atomic mass is 10.0. The van der Waals surface area contributed by atoms with E-state index < -0.39 is 39.1 Å². The van der Waals surface area contributed by atoms with Gasteiger partial charge in [-0.05, 0) is 57.4 Å². The molecule has 0 spiro atoms. The zero-order valence-corrected chi connectivity index (χ0v) is 19.9. The second kappa shape index (κ2) is 7.84. The first-order chi connectivity index (χ1) is 16.0. The highest BCUT2D eigenvalue weighted by Gasteiger charge is 2.44. The van der Waals surface area contributed by atoms with Crippen LogP contribution in [0.25, 0.3) is 11.0 Å². The summed E-state index contributed by atoms with van der Waals surface area (Å²) in [5, 5.41) is 21.9. The fourth-order valence-electron chi connectivity index (χ4n) is 4.52. The van der Waals surface area contributed by atoms with Gasteiger partial charge in [0.15, 0.2) is 16.1 Å². The van der Waals surface area contributed by atoms with Crippen molar-refractivity contribution < 1.29 is 23.4 Å². The number of benzene rings is 1. The Morgan fingerprint density at radius 2 is 1.94 bits per heavy atom. The molecule has 0 aliphatic carbocycles. The normalized spacial score (nSPS) is 27.5. The molecule has 5 rings (SSSR count). The Morgan fingerprint density at radius 1 is 1.18 bits per heavy atom. The molecule has 0 bridgehead atoms. The molecule has 3 aromatic rings. The predicted molar refractivity (Wildman–Crippen MR) is 127 cm³/mol. The molecule has 2 aliphatic heterocycles. The zero-order valence-electron chi connectivity index (χ0n) is 19.1. The molecule has 1 aromatic carbocycles. The highest BCUT2D eigenvalue weighted by atomic mass is 32.2. The molecule has 0 saturated carbocycles. The van der Waals surface area contributed by atoms with Crippen molar-refractivity contribution in [3.05, 3.63) is 42.4 Å². The number of aliphatic imine (C=N–C) groups is 1. The number of rotatable bonds is 4. The summed E-state index contributed by atoms with van der Waals surface area (Å²) < 4.78 is 32.6. The van der Waals surface area contributed by atoms with Crippen molar-refractivity contribution in [1.82, 2.24) is 14.5 Å². The summed E-state index contributed by atoms with van der Waals surface area (Å²) in [6.07, 6.45) is 0.269. The van der Waals surface area contributed by atoms with Crippen LogP contribution >= 0.6 is 0 Å². The van der Waals surface area contributed by atoms with Crippen molar-refractivity contribution in [2.24, 2.45) is 4.99 Å². The number of hydrogen-bond acceptors (Lipinski definition) is 9. The first kappa shape index (κ1) is 22.9. The van der Waals surface area contributed by atoms with E-state index in [9.17, 15) is 18.6 Å². The number of aryl methyl sites for hydroxylation is 1. The van der Waals surface area contributed by atoms with Crippen molar-refractivity contribution in [2.45, 2.75) is 67.8 Å². The van der Waals surface area contributed by atoms with E-state index >= 15 is 0 Å². The highest BCUT2D eigenvalue weighted by Crippen LogP contribution is 2.40. The molecule has 180 valence electrons. The summed E-state index contributed by atoms with van der Waals surface area (Å²) in [5.41, 5.74) is 8.24. The van der Waals surface area contributed by atoms with E-state index in [0.717, 1.165) is 5.56 Å². The van der Waals surface area contributed by atoms with E-state index in [1.807, 2.05) is 0 Å². The fraction of sp³-hybridized carbons (Fsp3) is 0.435. The average Bonchev–Trinajstić information content (AvgIpc) is 3.33. The number of nitrogens with two attached hydrogens (primary N) is 1. The first-order valence-electron chi connectivity index (χ1n) is 11.0. The number of ether oxygens (including phenoxy) is 1. The van der Waals surface area contributed by atoms with E-state index in [1.165, 1.54) is 6.33 Å². The van der Waals surface area contributed by atoms with E-state index in [2.05, 4.69) is 15.0 Å². The maximum absolute atomic E-state index is 13.0. The summed E-state index contributed by atoms with van der Waals surface area (Å²) in [6, 6.07) is 6.86. The van der Waals surface area contributed by atoms with Crippen LogP contribution in [0.1, 0.15) is 39.0 Å². The number of anilines is 1. The number of aliphatic hydroxyl groups is 2. The van der Waals surface area contributed by atoms with Gasteiger partial charge in [-0.3, -0.25) is 4.99 Å². The number of sulfone groups is 1. The lowest BCUT2D eigenvalue weighted by molar-refractivity contribution is -0.0364. The molecule has 4 atom stereocenters. The second-order valence-corrected chi connectivity index (χ2v) is 11.8. The van der Waals surface area contributed by atoms with Crippen molar-refractivity contribution in [3.8, 4) is 0 Å². The van der Waals surface area contributed by atoms with Crippen LogP contribution in [-0.2, 0) is 21.0 Å². The molecular formula is C23H27N5O5S. The summed E-state index contributed by atoms with van der Waals surface area (Å²) in [7, 11) is -3.54. The maximum Gasteiger partial charge on any atom is 0.191 e. The van der Waals surface area contributed by atoms with Gasteiger partial charge in [0.2, 0.25) is 0 Å². The van der Waals surface area contributed by atoms with Gasteiger partial charge in [0, 0.05) is 11.9 Å². The predicted octanol–water partition coefficient (Wildman–Crippen LogP) is 1.92. The van der Waals surface area contributed by atoms with Crippen LogP contribution in [0.5, 0.6) is 0 Å². The Balaban J connectivity index is 1.35. The third kappa shape index (κ3) is 3.34. The van der Waals surface area contributed by atoms with Gasteiger partial charge in [-0.25, -0.2) is 18.4 Å². The van der Waals surface area contributed by atoms with Crippen LogP contribution in [0.3, 0.4) is 0 Å². The Morgan fingerprint density at radius 3 is 2.71 bits per heavy atom. The molecule has 0 radical (unpaired) electrons. The minimum atomic E-state index is -3.54. The van der Waals surface area contributed by atoms with Crippen LogP contribution in [0.15, 0.2) is 46.7 Å². The van der Waals surface area contributed by atoms with Crippen LogP contribution in [0.4, 0.5) is 11.5 Å². The van der Waals surface area contributed by atoms with Gasteiger partial charge in [-0.15, -0.1) is 0 Å². The molecule has 34 heavy (non-hydrogen) atoms.